The molecule has 0 spiro atoms. The van der Waals surface area contributed by atoms with E-state index in [0.717, 1.165) is 79.2 Å². The zero-order valence-corrected chi connectivity index (χ0v) is 46.3. The van der Waals surface area contributed by atoms with Crippen molar-refractivity contribution < 1.29 is 49.8 Å². The van der Waals surface area contributed by atoms with Crippen LogP contribution < -0.4 is 48.8 Å². The molecule has 0 amide bonds. The first kappa shape index (κ1) is 60.2. The van der Waals surface area contributed by atoms with Gasteiger partial charge in [0.1, 0.15) is 11.5 Å². The van der Waals surface area contributed by atoms with Crippen molar-refractivity contribution in [1.82, 2.24) is 0 Å². The number of hydrogen-bond acceptors (Lipinski definition) is 8. The fourth-order valence-corrected chi connectivity index (χ4v) is 8.40. The molecule has 0 aromatic heterocycles. The first-order chi connectivity index (χ1) is 30.9. The third-order valence-electron chi connectivity index (χ3n) is 11.4. The Balaban J connectivity index is 0.00000111. The third kappa shape index (κ3) is 23.3. The second-order valence-electron chi connectivity index (χ2n) is 19.6. The molecule has 0 bridgehead atoms. The number of hydrogen-bond donors (Lipinski definition) is 0. The largest absolute Gasteiger partial charge is 1.00 e. The van der Waals surface area contributed by atoms with Gasteiger partial charge in [0.15, 0.2) is 5.78 Å². The van der Waals surface area contributed by atoms with E-state index in [4.69, 9.17) is 20.0 Å². The van der Waals surface area contributed by atoms with Crippen molar-refractivity contribution in [1.29, 1.82) is 10.5 Å². The van der Waals surface area contributed by atoms with Gasteiger partial charge in [0, 0.05) is 73.3 Å². The van der Waals surface area contributed by atoms with Gasteiger partial charge in [0.2, 0.25) is 0 Å². The van der Waals surface area contributed by atoms with Crippen molar-refractivity contribution in [3.8, 4) is 23.6 Å². The number of carbonyl (C=O) groups is 1. The predicted octanol–water partition coefficient (Wildman–Crippen LogP) is 12.0. The minimum Gasteiger partial charge on any atom is -1.00 e. The van der Waals surface area contributed by atoms with E-state index in [2.05, 4.69) is 138 Å². The molecule has 0 saturated carbocycles. The second-order valence-corrected chi connectivity index (χ2v) is 23.1. The van der Waals surface area contributed by atoms with Crippen LogP contribution in [0.5, 0.6) is 11.5 Å². The van der Waals surface area contributed by atoms with Crippen LogP contribution >= 0.6 is 7.14 Å². The first-order valence-corrected chi connectivity index (χ1v) is 26.8. The summed E-state index contributed by atoms with van der Waals surface area (Å²) in [5.41, 5.74) is 8.27. The van der Waals surface area contributed by atoms with Crippen LogP contribution in [0.4, 0.5) is 11.4 Å². The zero-order chi connectivity index (χ0) is 48.5. The smallest absolute Gasteiger partial charge is 1.00 e. The SMILES string of the molecule is CCCCN(CCCC)c1ccc(/C=C/C2=CC(=CC#N)CC(C)(C)C2)c(OC)c1.CCCCN(CCCC)c1ccc(/C=C/C2=CC(=O)CC(C)(C)C2)c(OC)c1.CP(C)(=O)CC#N.[H-].[Na+]. The molecule has 0 aliphatic heterocycles. The second kappa shape index (κ2) is 31.3. The van der Waals surface area contributed by atoms with Crippen molar-refractivity contribution in [3.05, 3.63) is 94.6 Å². The fourth-order valence-electron chi connectivity index (χ4n) is 8.06. The quantitative estimate of drug-likeness (QED) is 0.0692. The molecule has 8 nitrogen and oxygen atoms in total. The number of nitrogens with zero attached hydrogens (tertiary/aromatic N) is 4. The Bertz CT molecular complexity index is 2090. The van der Waals surface area contributed by atoms with Gasteiger partial charge in [-0.15, -0.1) is 0 Å². The normalized spacial score (nSPS) is 15.8. The van der Waals surface area contributed by atoms with Crippen LogP contribution in [-0.4, -0.2) is 65.7 Å². The number of ketones is 1. The maximum Gasteiger partial charge on any atom is 1.00 e. The molecule has 2 aliphatic rings. The van der Waals surface area contributed by atoms with Crippen LogP contribution in [0, 0.1) is 33.5 Å². The molecule has 0 N–H and O–H groups in total. The molecular formula is C56H84N4NaO4P. The van der Waals surface area contributed by atoms with Gasteiger partial charge in [0.25, 0.3) is 0 Å². The van der Waals surface area contributed by atoms with Gasteiger partial charge in [-0.25, -0.2) is 0 Å². The number of unbranched alkanes of at least 4 members (excludes halogenated alkanes) is 4. The Kier molecular flexibility index (Phi) is 28.6. The van der Waals surface area contributed by atoms with Crippen LogP contribution in [0.15, 0.2) is 83.5 Å². The molecule has 0 saturated heterocycles. The van der Waals surface area contributed by atoms with Gasteiger partial charge in [-0.05, 0) is 116 Å². The summed E-state index contributed by atoms with van der Waals surface area (Å²) in [5, 5.41) is 17.0. The van der Waals surface area contributed by atoms with Gasteiger partial charge >= 0.3 is 29.6 Å². The Hall–Kier alpha value is -3.78. The molecule has 0 unspecified atom stereocenters. The average molecular weight is 931 g/mol. The number of benzene rings is 2. The molecular weight excluding hydrogens is 847 g/mol. The minimum absolute atomic E-state index is 0. The summed E-state index contributed by atoms with van der Waals surface area (Å²) in [4.78, 5) is 16.9. The van der Waals surface area contributed by atoms with E-state index in [1.165, 1.54) is 68.3 Å². The van der Waals surface area contributed by atoms with E-state index in [1.807, 2.05) is 6.07 Å². The summed E-state index contributed by atoms with van der Waals surface area (Å²) < 4.78 is 22.0. The third-order valence-corrected chi connectivity index (χ3v) is 12.3. The minimum atomic E-state index is -2.03. The Morgan fingerprint density at radius 1 is 0.667 bits per heavy atom. The van der Waals surface area contributed by atoms with Crippen LogP contribution in [0.1, 0.15) is 145 Å². The van der Waals surface area contributed by atoms with Crippen LogP contribution in [0.25, 0.3) is 12.2 Å². The predicted molar refractivity (Wildman–Crippen MR) is 280 cm³/mol. The van der Waals surface area contributed by atoms with Crippen LogP contribution in [-0.2, 0) is 9.36 Å². The van der Waals surface area contributed by atoms with Crippen molar-refractivity contribution in [2.24, 2.45) is 10.8 Å². The summed E-state index contributed by atoms with van der Waals surface area (Å²) >= 11 is 0. The number of nitriles is 2. The Labute approximate surface area is 425 Å². The van der Waals surface area contributed by atoms with Crippen molar-refractivity contribution in [3.63, 3.8) is 0 Å². The molecule has 2 aromatic carbocycles. The number of ether oxygens (including phenoxy) is 2. The maximum atomic E-state index is 12.0. The van der Waals surface area contributed by atoms with Gasteiger partial charge < -0.3 is 25.3 Å². The Morgan fingerprint density at radius 3 is 1.41 bits per heavy atom. The van der Waals surface area contributed by atoms with Crippen molar-refractivity contribution in [2.75, 3.05) is 69.7 Å². The van der Waals surface area contributed by atoms with Gasteiger partial charge in [0.05, 0.1) is 39.7 Å². The molecule has 66 heavy (non-hydrogen) atoms. The van der Waals surface area contributed by atoms with E-state index >= 15 is 0 Å². The van der Waals surface area contributed by atoms with Crippen LogP contribution in [0.3, 0.4) is 0 Å². The summed E-state index contributed by atoms with van der Waals surface area (Å²) in [6, 6.07) is 17.0. The molecule has 2 aliphatic carbocycles. The van der Waals surface area contributed by atoms with E-state index in [0.29, 0.717) is 6.42 Å². The molecule has 10 heteroatoms. The summed E-state index contributed by atoms with van der Waals surface area (Å²) in [6.07, 6.45) is 27.4. The fraction of sp³-hybridized carbons (Fsp3) is 0.554. The molecule has 4 rings (SSSR count). The molecule has 0 atom stereocenters. The number of allylic oxidation sites excluding steroid dienone is 8. The first-order valence-electron chi connectivity index (χ1n) is 24.0. The number of methoxy groups -OCH3 is 2. The van der Waals surface area contributed by atoms with Gasteiger partial charge in [-0.1, -0.05) is 111 Å². The molecule has 358 valence electrons. The molecule has 0 fully saturated rings. The van der Waals surface area contributed by atoms with Crippen molar-refractivity contribution >= 4 is 36.5 Å². The van der Waals surface area contributed by atoms with Gasteiger partial charge in [-0.2, -0.15) is 10.5 Å². The number of anilines is 2. The summed E-state index contributed by atoms with van der Waals surface area (Å²) in [7, 11) is 1.45. The summed E-state index contributed by atoms with van der Waals surface area (Å²) in [5.74, 6) is 2.01. The average Bonchev–Trinajstić information content (AvgIpc) is 3.24. The maximum absolute atomic E-state index is 12.0. The molecule has 0 heterocycles. The summed E-state index contributed by atoms with van der Waals surface area (Å²) in [6.45, 7) is 25.3. The topological polar surface area (TPSA) is 107 Å². The van der Waals surface area contributed by atoms with E-state index in [9.17, 15) is 9.36 Å². The van der Waals surface area contributed by atoms with E-state index in [1.54, 1.807) is 39.7 Å². The number of rotatable bonds is 21. The molecule has 2 aromatic rings. The van der Waals surface area contributed by atoms with Crippen LogP contribution in [0.2, 0.25) is 0 Å². The van der Waals surface area contributed by atoms with E-state index < -0.39 is 7.14 Å². The van der Waals surface area contributed by atoms with Crippen molar-refractivity contribution in [2.45, 2.75) is 132 Å². The Morgan fingerprint density at radius 2 is 1.08 bits per heavy atom. The van der Waals surface area contributed by atoms with Gasteiger partial charge in [-0.3, -0.25) is 4.79 Å². The monoisotopic (exact) mass is 931 g/mol. The standard InChI is InChI=1S/C27H38N2O.C25H37NO2.C4H8NOP.Na.H/c1-6-8-16-29(17-9-7-2)25-13-12-24(26(19-25)30-5)11-10-22-18-23(14-15-28)21-27(3,4)20-22;1-6-8-14-26(15-9-7-2)22-13-12-21(24(17-22)28-5)11-10-20-16-23(27)19-25(3,4)18-20;1-7(2,6)4-3-5;;/h10-14,18-19H,6-9,16-17,20-21H2,1-5H3;10-13,16-17H,6-9,14-15,18-19H2,1-5H3;4H2,1-2H3;;/q;;;+1;-1/b11-10+,23-14?;11-10+;;;. The molecule has 0 radical (unpaired) electrons. The zero-order valence-electron chi connectivity index (χ0n) is 44.4. The van der Waals surface area contributed by atoms with E-state index in [-0.39, 0.29) is 53.8 Å². The number of carbonyl (C=O) groups excluding carboxylic acids is 1.